The van der Waals surface area contributed by atoms with Gasteiger partial charge in [-0.05, 0) is 38.2 Å². The minimum Gasteiger partial charge on any atom is -0.411 e. The average Bonchev–Trinajstić information content (AvgIpc) is 3.21. The average molecular weight is 388 g/mol. The quantitative estimate of drug-likeness (QED) is 0.544. The first-order chi connectivity index (χ1) is 13.8. The Hall–Kier alpha value is -3.38. The maximum atomic E-state index is 14.1. The number of benzene rings is 1. The van der Waals surface area contributed by atoms with E-state index in [1.165, 1.54) is 16.9 Å². The van der Waals surface area contributed by atoms with E-state index in [0.29, 0.717) is 28.2 Å². The third-order valence-corrected chi connectivity index (χ3v) is 4.79. The van der Waals surface area contributed by atoms with Crippen LogP contribution in [0.5, 0.6) is 0 Å². The topological polar surface area (TPSA) is 82.9 Å². The molecule has 0 saturated carbocycles. The summed E-state index contributed by atoms with van der Waals surface area (Å²) >= 11 is 0. The van der Waals surface area contributed by atoms with Crippen LogP contribution in [-0.4, -0.2) is 45.3 Å². The van der Waals surface area contributed by atoms with Crippen molar-refractivity contribution in [3.05, 3.63) is 42.0 Å². The number of aliphatic hydroxyl groups is 1. The fourth-order valence-corrected chi connectivity index (χ4v) is 3.63. The van der Waals surface area contributed by atoms with Gasteiger partial charge in [-0.15, -0.1) is 0 Å². The number of fused-ring (bicyclic) bond motifs is 3. The van der Waals surface area contributed by atoms with Crippen molar-refractivity contribution in [1.82, 2.24) is 19.1 Å². The van der Waals surface area contributed by atoms with Crippen LogP contribution in [0, 0.1) is 17.1 Å². The van der Waals surface area contributed by atoms with Gasteiger partial charge in [-0.25, -0.2) is 14.4 Å². The molecule has 1 unspecified atom stereocenters. The van der Waals surface area contributed by atoms with E-state index in [4.69, 9.17) is 13.0 Å². The molecule has 9 heteroatoms. The Kier molecular flexibility index (Phi) is 4.51. The Labute approximate surface area is 168 Å². The highest BCUT2D eigenvalue weighted by molar-refractivity contribution is 6.20. The number of anilines is 1. The maximum absolute atomic E-state index is 14.1. The van der Waals surface area contributed by atoms with Gasteiger partial charge < -0.3 is 19.1 Å². The molecule has 1 N–H and O–H groups in total. The summed E-state index contributed by atoms with van der Waals surface area (Å²) in [4.78, 5) is 10.5. The lowest BCUT2D eigenvalue weighted by Gasteiger charge is -2.16. The number of nitrogens with zero attached hydrogens (tertiary/aromatic N) is 6. The van der Waals surface area contributed by atoms with Gasteiger partial charge in [-0.2, -0.15) is 5.26 Å². The highest BCUT2D eigenvalue weighted by Gasteiger charge is 2.21. The molecule has 144 valence electrons. The summed E-state index contributed by atoms with van der Waals surface area (Å²) in [5, 5.41) is 20.1. The summed E-state index contributed by atoms with van der Waals surface area (Å²) in [5.41, 5.74) is 3.44. The lowest BCUT2D eigenvalue weighted by molar-refractivity contribution is 0.175. The molecule has 0 bridgehead atoms. The fraction of sp³-hybridized carbons (Fsp3) is 0.250. The number of nitriles is 1. The van der Waals surface area contributed by atoms with Crippen LogP contribution in [0.15, 0.2) is 30.6 Å². The molecular formula is C20H18BFN6O. The minimum absolute atomic E-state index is 0.217. The number of aliphatic hydroxyl groups excluding tert-OH is 1. The van der Waals surface area contributed by atoms with Gasteiger partial charge in [-0.1, -0.05) is 0 Å². The molecule has 0 saturated heterocycles. The van der Waals surface area contributed by atoms with E-state index in [1.54, 1.807) is 26.4 Å². The zero-order valence-corrected chi connectivity index (χ0v) is 16.3. The van der Waals surface area contributed by atoms with Gasteiger partial charge in [0, 0.05) is 18.0 Å². The van der Waals surface area contributed by atoms with Crippen molar-refractivity contribution >= 4 is 35.9 Å². The normalized spacial score (nSPS) is 12.4. The van der Waals surface area contributed by atoms with Crippen molar-refractivity contribution < 1.29 is 9.50 Å². The number of aromatic nitrogens is 4. The molecule has 0 aliphatic rings. The SMILES string of the molecule is [B]N(C)c1nc2c(cc(-c3cc(F)cc(C#N)c3)n2CC(C)O)c2c1ncn2C. The summed E-state index contributed by atoms with van der Waals surface area (Å²) in [5.74, 6) is -0.0181. The molecule has 4 rings (SSSR count). The minimum atomic E-state index is -0.670. The van der Waals surface area contributed by atoms with Crippen LogP contribution in [0.3, 0.4) is 0 Å². The Morgan fingerprint density at radius 1 is 1.34 bits per heavy atom. The van der Waals surface area contributed by atoms with Crippen LogP contribution >= 0.6 is 0 Å². The summed E-state index contributed by atoms with van der Waals surface area (Å²) in [6.07, 6.45) is 1.01. The first kappa shape index (κ1) is 19.0. The lowest BCUT2D eigenvalue weighted by atomic mass is 10.1. The molecule has 0 aliphatic carbocycles. The number of aryl methyl sites for hydroxylation is 1. The smallest absolute Gasteiger partial charge is 0.228 e. The Morgan fingerprint density at radius 2 is 2.10 bits per heavy atom. The molecular weight excluding hydrogens is 370 g/mol. The van der Waals surface area contributed by atoms with Crippen LogP contribution in [0.2, 0.25) is 0 Å². The molecule has 7 nitrogen and oxygen atoms in total. The van der Waals surface area contributed by atoms with E-state index >= 15 is 0 Å². The molecule has 1 aromatic carbocycles. The number of hydrogen-bond acceptors (Lipinski definition) is 5. The zero-order chi connectivity index (χ0) is 20.9. The van der Waals surface area contributed by atoms with Crippen molar-refractivity contribution in [2.24, 2.45) is 7.05 Å². The lowest BCUT2D eigenvalue weighted by Crippen LogP contribution is -2.16. The molecule has 0 amide bonds. The highest BCUT2D eigenvalue weighted by atomic mass is 19.1. The van der Waals surface area contributed by atoms with E-state index in [2.05, 4.69) is 4.98 Å². The van der Waals surface area contributed by atoms with Gasteiger partial charge >= 0.3 is 0 Å². The second-order valence-corrected chi connectivity index (χ2v) is 7.17. The molecule has 2 radical (unpaired) electrons. The largest absolute Gasteiger partial charge is 0.411 e. The van der Waals surface area contributed by atoms with Crippen LogP contribution in [0.25, 0.3) is 33.3 Å². The summed E-state index contributed by atoms with van der Waals surface area (Å²) in [7, 11) is 9.53. The molecule has 4 aromatic rings. The predicted molar refractivity (Wildman–Crippen MR) is 110 cm³/mol. The first-order valence-corrected chi connectivity index (χ1v) is 9.02. The van der Waals surface area contributed by atoms with E-state index in [0.717, 1.165) is 10.9 Å². The third-order valence-electron chi connectivity index (χ3n) is 4.79. The molecule has 3 heterocycles. The predicted octanol–water partition coefficient (Wildman–Crippen LogP) is 2.50. The van der Waals surface area contributed by atoms with E-state index in [1.807, 2.05) is 28.3 Å². The van der Waals surface area contributed by atoms with E-state index in [-0.39, 0.29) is 12.1 Å². The van der Waals surface area contributed by atoms with Crippen LogP contribution in [0.4, 0.5) is 10.2 Å². The monoisotopic (exact) mass is 388 g/mol. The van der Waals surface area contributed by atoms with Gasteiger partial charge in [0.2, 0.25) is 7.98 Å². The van der Waals surface area contributed by atoms with Gasteiger partial charge in [0.05, 0.1) is 41.8 Å². The zero-order valence-electron chi connectivity index (χ0n) is 16.3. The van der Waals surface area contributed by atoms with Gasteiger partial charge in [0.15, 0.2) is 0 Å². The number of rotatable bonds is 4. The van der Waals surface area contributed by atoms with Gasteiger partial charge in [-0.3, -0.25) is 0 Å². The van der Waals surface area contributed by atoms with Gasteiger partial charge in [0.25, 0.3) is 0 Å². The standard InChI is InChI=1S/C20H18BFN6O/c1-11(29)9-28-16(13-4-12(8-23)5-14(22)6-13)7-15-18-17(24-10-26(18)2)20(27(3)21)25-19(15)28/h4-7,10-11,29H,9H2,1-3H3. The van der Waals surface area contributed by atoms with Crippen molar-refractivity contribution in [3.8, 4) is 17.3 Å². The fourth-order valence-electron chi connectivity index (χ4n) is 3.63. The Balaban J connectivity index is 2.13. The summed E-state index contributed by atoms with van der Waals surface area (Å²) < 4.78 is 17.8. The van der Waals surface area contributed by atoms with Gasteiger partial charge in [0.1, 0.15) is 22.8 Å². The number of imidazole rings is 1. The Morgan fingerprint density at radius 3 is 2.76 bits per heavy atom. The Bertz CT molecular complexity index is 1280. The second-order valence-electron chi connectivity index (χ2n) is 7.17. The number of pyridine rings is 1. The third kappa shape index (κ3) is 3.11. The second kappa shape index (κ2) is 6.90. The number of halogens is 1. The maximum Gasteiger partial charge on any atom is 0.228 e. The van der Waals surface area contributed by atoms with Crippen molar-refractivity contribution in [1.29, 1.82) is 5.26 Å². The highest BCUT2D eigenvalue weighted by Crippen LogP contribution is 2.35. The molecule has 0 aliphatic heterocycles. The molecule has 0 spiro atoms. The van der Waals surface area contributed by atoms with Crippen LogP contribution in [0.1, 0.15) is 12.5 Å². The van der Waals surface area contributed by atoms with Crippen molar-refractivity contribution in [2.75, 3.05) is 11.9 Å². The van der Waals surface area contributed by atoms with Crippen LogP contribution < -0.4 is 4.81 Å². The summed E-state index contributed by atoms with van der Waals surface area (Å²) in [6.45, 7) is 1.90. The van der Waals surface area contributed by atoms with Crippen molar-refractivity contribution in [2.45, 2.75) is 19.6 Å². The van der Waals surface area contributed by atoms with Crippen molar-refractivity contribution in [3.63, 3.8) is 0 Å². The van der Waals surface area contributed by atoms with E-state index < -0.39 is 11.9 Å². The van der Waals surface area contributed by atoms with E-state index in [9.17, 15) is 14.8 Å². The molecule has 29 heavy (non-hydrogen) atoms. The summed E-state index contributed by atoms with van der Waals surface area (Å²) in [6, 6.07) is 8.03. The molecule has 3 aromatic heterocycles. The number of hydrogen-bond donors (Lipinski definition) is 1. The molecule has 0 fully saturated rings. The van der Waals surface area contributed by atoms with Crippen LogP contribution in [-0.2, 0) is 13.6 Å². The first-order valence-electron chi connectivity index (χ1n) is 9.02. The molecule has 1 atom stereocenters.